The summed E-state index contributed by atoms with van der Waals surface area (Å²) < 4.78 is 102. The normalized spacial score (nSPS) is 13.1. The van der Waals surface area contributed by atoms with E-state index in [0.29, 0.717) is 37.3 Å². The van der Waals surface area contributed by atoms with Gasteiger partial charge in [0.05, 0.1) is 0 Å². The maximum Gasteiger partial charge on any atom is 0.303 e. The quantitative estimate of drug-likeness (QED) is 0.105. The third-order valence-electron chi connectivity index (χ3n) is 6.00. The number of anilines is 1. The summed E-state index contributed by atoms with van der Waals surface area (Å²) in [6.07, 6.45) is 1.52. The summed E-state index contributed by atoms with van der Waals surface area (Å²) in [5.74, 6) is -0.925. The molecule has 0 aliphatic heterocycles. The zero-order valence-electron chi connectivity index (χ0n) is 18.9. The van der Waals surface area contributed by atoms with E-state index in [0.717, 1.165) is 0 Å². The number of carboxylic acids is 1. The second kappa shape index (κ2) is 9.34. The molecule has 0 unspecified atom stereocenters. The average molecular weight is 572 g/mol. The van der Waals surface area contributed by atoms with E-state index in [1.807, 2.05) is 0 Å². The summed E-state index contributed by atoms with van der Waals surface area (Å²) in [6, 6.07) is 6.96. The molecule has 12 nitrogen and oxygen atoms in total. The van der Waals surface area contributed by atoms with Crippen LogP contribution in [0.1, 0.15) is 25.7 Å². The highest BCUT2D eigenvalue weighted by atomic mass is 32.2. The summed E-state index contributed by atoms with van der Waals surface area (Å²) in [6.45, 7) is 0.293. The Bertz CT molecular complexity index is 1830. The van der Waals surface area contributed by atoms with Crippen LogP contribution in [-0.4, -0.2) is 56.5 Å². The van der Waals surface area contributed by atoms with E-state index in [4.69, 9.17) is 5.11 Å². The van der Waals surface area contributed by atoms with Crippen LogP contribution in [0.3, 0.4) is 0 Å². The van der Waals surface area contributed by atoms with Crippen molar-refractivity contribution in [3.8, 4) is 0 Å². The maximum atomic E-state index is 12.3. The first-order valence-electron chi connectivity index (χ1n) is 10.8. The van der Waals surface area contributed by atoms with Crippen LogP contribution in [0.15, 0.2) is 51.1 Å². The van der Waals surface area contributed by atoms with Crippen LogP contribution in [0.25, 0.3) is 32.3 Å². The molecule has 5 N–H and O–H groups in total. The van der Waals surface area contributed by atoms with E-state index in [1.165, 1.54) is 30.3 Å². The second-order valence-electron chi connectivity index (χ2n) is 8.42. The minimum absolute atomic E-state index is 0.00215. The Balaban J connectivity index is 2.04. The fourth-order valence-corrected chi connectivity index (χ4v) is 6.70. The summed E-state index contributed by atoms with van der Waals surface area (Å²) in [5, 5.41) is 11.8. The second-order valence-corrected chi connectivity index (χ2v) is 12.6. The first kappa shape index (κ1) is 27.0. The van der Waals surface area contributed by atoms with Crippen molar-refractivity contribution in [2.75, 3.05) is 11.9 Å². The van der Waals surface area contributed by atoms with E-state index in [-0.39, 0.29) is 39.0 Å². The van der Waals surface area contributed by atoms with Crippen molar-refractivity contribution in [3.05, 3.63) is 36.4 Å². The van der Waals surface area contributed by atoms with Crippen LogP contribution in [0.4, 0.5) is 5.69 Å². The third kappa shape index (κ3) is 5.18. The molecule has 0 spiro atoms. The van der Waals surface area contributed by atoms with Gasteiger partial charge in [0, 0.05) is 51.0 Å². The van der Waals surface area contributed by atoms with Gasteiger partial charge < -0.3 is 10.4 Å². The van der Waals surface area contributed by atoms with Crippen molar-refractivity contribution >= 4 is 74.3 Å². The van der Waals surface area contributed by atoms with Crippen molar-refractivity contribution in [1.82, 2.24) is 0 Å². The molecule has 4 rings (SSSR count). The van der Waals surface area contributed by atoms with Gasteiger partial charge in [0.15, 0.2) is 0 Å². The molecule has 0 saturated heterocycles. The van der Waals surface area contributed by atoms with Crippen LogP contribution < -0.4 is 5.32 Å². The zero-order valence-corrected chi connectivity index (χ0v) is 21.3. The molecular formula is C22H21NO11S3. The van der Waals surface area contributed by atoms with Crippen molar-refractivity contribution in [1.29, 1.82) is 0 Å². The van der Waals surface area contributed by atoms with Gasteiger partial charge in [-0.05, 0) is 25.0 Å². The standard InChI is InChI=1S/C22H21NO11S3/c24-20(25)4-2-1-3-9-23-16-10-17(35(26,27)28)13-7-8-15-19(37(32,33)34)11-18(36(29,30)31)14-6-5-12(16)21(13)22(14)15/h5-8,10-11,23H,1-4,9H2,(H,24,25)(H,26,27,28)(H,29,30,31)(H,32,33,34). The van der Waals surface area contributed by atoms with E-state index in [9.17, 15) is 43.7 Å². The largest absolute Gasteiger partial charge is 0.481 e. The Kier molecular flexibility index (Phi) is 6.81. The predicted molar refractivity (Wildman–Crippen MR) is 134 cm³/mol. The third-order valence-corrected chi connectivity index (χ3v) is 8.68. The molecule has 0 atom stereocenters. The number of benzene rings is 4. The first-order valence-corrected chi connectivity index (χ1v) is 15.1. The molecule has 0 radical (unpaired) electrons. The monoisotopic (exact) mass is 571 g/mol. The van der Waals surface area contributed by atoms with E-state index < -0.39 is 51.0 Å². The van der Waals surface area contributed by atoms with Gasteiger partial charge in [-0.25, -0.2) is 0 Å². The lowest BCUT2D eigenvalue weighted by atomic mass is 9.93. The number of unbranched alkanes of at least 4 members (excludes halogenated alkanes) is 2. The molecule has 0 aliphatic rings. The molecule has 0 aliphatic carbocycles. The first-order chi connectivity index (χ1) is 17.1. The molecule has 198 valence electrons. The molecule has 0 aromatic heterocycles. The van der Waals surface area contributed by atoms with E-state index in [2.05, 4.69) is 5.32 Å². The van der Waals surface area contributed by atoms with Gasteiger partial charge in [0.25, 0.3) is 30.4 Å². The van der Waals surface area contributed by atoms with Crippen molar-refractivity contribution < 1.29 is 48.8 Å². The number of carboxylic acid groups (broad SMARTS) is 1. The lowest BCUT2D eigenvalue weighted by Crippen LogP contribution is -2.08. The van der Waals surface area contributed by atoms with Gasteiger partial charge in [0.2, 0.25) is 0 Å². The van der Waals surface area contributed by atoms with E-state index in [1.54, 1.807) is 0 Å². The molecule has 37 heavy (non-hydrogen) atoms. The van der Waals surface area contributed by atoms with Crippen LogP contribution in [0.5, 0.6) is 0 Å². The summed E-state index contributed by atoms with van der Waals surface area (Å²) in [7, 11) is -14.8. The number of rotatable bonds is 10. The molecule has 0 heterocycles. The summed E-state index contributed by atoms with van der Waals surface area (Å²) in [5.41, 5.74) is 0.221. The maximum absolute atomic E-state index is 12.3. The highest BCUT2D eigenvalue weighted by Crippen LogP contribution is 2.44. The molecule has 0 saturated carbocycles. The van der Waals surface area contributed by atoms with Crippen molar-refractivity contribution in [3.63, 3.8) is 0 Å². The molecule has 4 aromatic rings. The number of hydrogen-bond donors (Lipinski definition) is 5. The highest BCUT2D eigenvalue weighted by Gasteiger charge is 2.27. The molecule has 0 bridgehead atoms. The fraction of sp³-hybridized carbons (Fsp3) is 0.227. The minimum atomic E-state index is -4.99. The summed E-state index contributed by atoms with van der Waals surface area (Å²) in [4.78, 5) is 8.51. The Labute approximate surface area is 211 Å². The SMILES string of the molecule is O=C(O)CCCCCNc1cc(S(=O)(=O)O)c2ccc3c(S(=O)(=O)O)cc(S(=O)(=O)O)c4ccc1c2c43. The van der Waals surface area contributed by atoms with Crippen LogP contribution in [0.2, 0.25) is 0 Å². The highest BCUT2D eigenvalue weighted by molar-refractivity contribution is 7.87. The van der Waals surface area contributed by atoms with Gasteiger partial charge in [-0.15, -0.1) is 0 Å². The average Bonchev–Trinajstić information content (AvgIpc) is 2.77. The molecule has 4 aromatic carbocycles. The Morgan fingerprint density at radius 3 is 1.54 bits per heavy atom. The number of nitrogens with one attached hydrogen (secondary N) is 1. The summed E-state index contributed by atoms with van der Waals surface area (Å²) >= 11 is 0. The molecule has 0 fully saturated rings. The predicted octanol–water partition coefficient (Wildman–Crippen LogP) is 3.38. The molecule has 15 heteroatoms. The Morgan fingerprint density at radius 1 is 0.649 bits per heavy atom. The number of hydrogen-bond acceptors (Lipinski definition) is 8. The molecular weight excluding hydrogens is 550 g/mol. The van der Waals surface area contributed by atoms with Gasteiger partial charge in [0.1, 0.15) is 14.7 Å². The molecule has 0 amide bonds. The van der Waals surface area contributed by atoms with Gasteiger partial charge in [-0.3, -0.25) is 18.5 Å². The van der Waals surface area contributed by atoms with Gasteiger partial charge in [-0.2, -0.15) is 25.3 Å². The number of carbonyl (C=O) groups is 1. The van der Waals surface area contributed by atoms with Crippen LogP contribution in [0, 0.1) is 0 Å². The fourth-order valence-electron chi connectivity index (χ4n) is 4.48. The Morgan fingerprint density at radius 2 is 1.08 bits per heavy atom. The number of aliphatic carboxylic acids is 1. The van der Waals surface area contributed by atoms with Gasteiger partial charge >= 0.3 is 5.97 Å². The minimum Gasteiger partial charge on any atom is -0.481 e. The zero-order chi connectivity index (χ0) is 27.3. The smallest absolute Gasteiger partial charge is 0.303 e. The van der Waals surface area contributed by atoms with Gasteiger partial charge in [-0.1, -0.05) is 30.7 Å². The van der Waals surface area contributed by atoms with E-state index >= 15 is 0 Å². The van der Waals surface area contributed by atoms with Crippen molar-refractivity contribution in [2.45, 2.75) is 40.4 Å². The Hall–Kier alpha value is -3.08. The lowest BCUT2D eigenvalue weighted by Gasteiger charge is -2.19. The topological polar surface area (TPSA) is 212 Å². The van der Waals surface area contributed by atoms with Crippen LogP contribution >= 0.6 is 0 Å². The van der Waals surface area contributed by atoms with Crippen molar-refractivity contribution in [2.24, 2.45) is 0 Å². The lowest BCUT2D eigenvalue weighted by molar-refractivity contribution is -0.137. The van der Waals surface area contributed by atoms with Crippen LogP contribution in [-0.2, 0) is 35.1 Å².